The van der Waals surface area contributed by atoms with Gasteiger partial charge in [0.1, 0.15) is 0 Å². The molecule has 0 nitrogen and oxygen atoms in total. The molecule has 0 heterocycles. The summed E-state index contributed by atoms with van der Waals surface area (Å²) in [5, 5.41) is 0. The summed E-state index contributed by atoms with van der Waals surface area (Å²) >= 11 is 4.63. The van der Waals surface area contributed by atoms with Crippen LogP contribution in [-0.4, -0.2) is 0 Å². The topological polar surface area (TPSA) is 0 Å². The Balaban J connectivity index is 3.20. The van der Waals surface area contributed by atoms with Crippen LogP contribution >= 0.6 is 12.6 Å². The van der Waals surface area contributed by atoms with Crippen LogP contribution in [-0.2, 0) is 0 Å². The quantitative estimate of drug-likeness (QED) is 0.486. The number of hydrogen-bond acceptors (Lipinski definition) is 1. The van der Waals surface area contributed by atoms with Gasteiger partial charge < -0.3 is 0 Å². The highest BCUT2D eigenvalue weighted by molar-refractivity contribution is 7.80. The third kappa shape index (κ3) is 4.01. The Morgan fingerprint density at radius 2 is 1.95 bits per heavy atom. The largest absolute Gasteiger partial charge is 0.143 e. The summed E-state index contributed by atoms with van der Waals surface area (Å²) in [6.45, 7) is 15.0. The van der Waals surface area contributed by atoms with E-state index in [9.17, 15) is 0 Å². The minimum absolute atomic E-state index is 0.485. The average molecular weight is 274 g/mol. The van der Waals surface area contributed by atoms with Gasteiger partial charge in [0.05, 0.1) is 0 Å². The van der Waals surface area contributed by atoms with Gasteiger partial charge in [-0.2, -0.15) is 0 Å². The third-order valence-corrected chi connectivity index (χ3v) is 4.11. The molecule has 19 heavy (non-hydrogen) atoms. The van der Waals surface area contributed by atoms with Crippen molar-refractivity contribution in [3.8, 4) is 0 Å². The molecule has 1 rings (SSSR count). The van der Waals surface area contributed by atoms with Crippen molar-refractivity contribution >= 4 is 18.2 Å². The molecule has 1 unspecified atom stereocenters. The zero-order valence-corrected chi connectivity index (χ0v) is 13.7. The molecule has 0 aliphatic heterocycles. The zero-order chi connectivity index (χ0) is 14.6. The van der Waals surface area contributed by atoms with Gasteiger partial charge in [-0.05, 0) is 54.9 Å². The SMILES string of the molecule is C=C(C)C(C)C/C(=C/C)c1cccc(S)c1C(C)C. The molecule has 104 valence electrons. The first-order valence-electron chi connectivity index (χ1n) is 7.01. The smallest absolute Gasteiger partial charge is 0.00807 e. The standard InChI is InChI=1S/C18H26S/c1-7-15(11-14(6)12(2)3)16-9-8-10-17(19)18(16)13(4)5/h7-10,13-14,19H,2,11H2,1,3-6H3/b15-7-. The van der Waals surface area contributed by atoms with Crippen LogP contribution in [0.25, 0.3) is 5.57 Å². The molecule has 0 fully saturated rings. The van der Waals surface area contributed by atoms with Crippen LogP contribution in [0.1, 0.15) is 58.1 Å². The lowest BCUT2D eigenvalue weighted by atomic mass is 9.86. The first-order valence-corrected chi connectivity index (χ1v) is 7.46. The van der Waals surface area contributed by atoms with E-state index in [1.165, 1.54) is 22.3 Å². The van der Waals surface area contributed by atoms with Gasteiger partial charge in [0.15, 0.2) is 0 Å². The van der Waals surface area contributed by atoms with Gasteiger partial charge in [0.2, 0.25) is 0 Å². The minimum atomic E-state index is 0.485. The van der Waals surface area contributed by atoms with E-state index in [0.717, 1.165) is 11.3 Å². The summed E-state index contributed by atoms with van der Waals surface area (Å²) < 4.78 is 0. The summed E-state index contributed by atoms with van der Waals surface area (Å²) in [6, 6.07) is 6.39. The average Bonchev–Trinajstić information content (AvgIpc) is 2.34. The second kappa shape index (κ2) is 7.00. The second-order valence-corrected chi connectivity index (χ2v) is 6.14. The molecule has 0 aliphatic carbocycles. The molecule has 0 saturated carbocycles. The van der Waals surface area contributed by atoms with Crippen LogP contribution in [0.15, 0.2) is 41.3 Å². The molecule has 0 saturated heterocycles. The third-order valence-electron chi connectivity index (χ3n) is 3.72. The van der Waals surface area contributed by atoms with E-state index >= 15 is 0 Å². The summed E-state index contributed by atoms with van der Waals surface area (Å²) in [7, 11) is 0. The maximum absolute atomic E-state index is 4.63. The fourth-order valence-electron chi connectivity index (χ4n) is 2.33. The van der Waals surface area contributed by atoms with Crippen LogP contribution in [0.3, 0.4) is 0 Å². The number of benzene rings is 1. The summed E-state index contributed by atoms with van der Waals surface area (Å²) in [4.78, 5) is 1.09. The normalized spacial score (nSPS) is 13.7. The summed E-state index contributed by atoms with van der Waals surface area (Å²) in [5.41, 5.74) is 5.34. The lowest BCUT2D eigenvalue weighted by Crippen LogP contribution is -2.02. The van der Waals surface area contributed by atoms with Crippen molar-refractivity contribution < 1.29 is 0 Å². The Morgan fingerprint density at radius 1 is 1.32 bits per heavy atom. The first kappa shape index (κ1) is 16.1. The lowest BCUT2D eigenvalue weighted by Gasteiger charge is -2.20. The predicted octanol–water partition coefficient (Wildman–Crippen LogP) is 6.10. The van der Waals surface area contributed by atoms with Gasteiger partial charge in [0, 0.05) is 4.90 Å². The van der Waals surface area contributed by atoms with Gasteiger partial charge in [-0.1, -0.05) is 51.1 Å². The number of hydrogen-bond donors (Lipinski definition) is 1. The Bertz CT molecular complexity index is 480. The fourth-order valence-corrected chi connectivity index (χ4v) is 2.79. The van der Waals surface area contributed by atoms with E-state index in [0.29, 0.717) is 11.8 Å². The van der Waals surface area contributed by atoms with Crippen LogP contribution in [0.2, 0.25) is 0 Å². The Morgan fingerprint density at radius 3 is 2.42 bits per heavy atom. The van der Waals surface area contributed by atoms with E-state index in [1.807, 2.05) is 0 Å². The molecular weight excluding hydrogens is 248 g/mol. The summed E-state index contributed by atoms with van der Waals surface area (Å²) in [6.07, 6.45) is 3.27. The van der Waals surface area contributed by atoms with Gasteiger partial charge in [-0.3, -0.25) is 0 Å². The van der Waals surface area contributed by atoms with Gasteiger partial charge in [-0.15, -0.1) is 12.6 Å². The highest BCUT2D eigenvalue weighted by Gasteiger charge is 2.15. The molecule has 1 heteroatoms. The van der Waals surface area contributed by atoms with Crippen LogP contribution in [0, 0.1) is 5.92 Å². The highest BCUT2D eigenvalue weighted by Crippen LogP contribution is 2.34. The predicted molar refractivity (Wildman–Crippen MR) is 90.0 cm³/mol. The highest BCUT2D eigenvalue weighted by atomic mass is 32.1. The molecule has 0 amide bonds. The molecule has 1 aromatic carbocycles. The zero-order valence-electron chi connectivity index (χ0n) is 12.8. The molecule has 0 aliphatic rings. The molecular formula is C18H26S. The Hall–Kier alpha value is -0.950. The van der Waals surface area contributed by atoms with Gasteiger partial charge in [-0.25, -0.2) is 0 Å². The van der Waals surface area contributed by atoms with Gasteiger partial charge >= 0.3 is 0 Å². The van der Waals surface area contributed by atoms with Crippen molar-refractivity contribution in [2.75, 3.05) is 0 Å². The molecule has 0 N–H and O–H groups in total. The molecule has 0 radical (unpaired) electrons. The Kier molecular flexibility index (Phi) is 5.93. The van der Waals surface area contributed by atoms with Crippen molar-refractivity contribution in [1.29, 1.82) is 0 Å². The van der Waals surface area contributed by atoms with E-state index in [2.05, 4.69) is 78.1 Å². The number of rotatable bonds is 5. The van der Waals surface area contributed by atoms with Crippen molar-refractivity contribution in [3.05, 3.63) is 47.6 Å². The molecule has 0 aromatic heterocycles. The van der Waals surface area contributed by atoms with Crippen molar-refractivity contribution in [2.24, 2.45) is 5.92 Å². The molecule has 0 spiro atoms. The summed E-state index contributed by atoms with van der Waals surface area (Å²) in [5.74, 6) is 0.994. The minimum Gasteiger partial charge on any atom is -0.143 e. The van der Waals surface area contributed by atoms with E-state index in [4.69, 9.17) is 0 Å². The molecule has 0 bridgehead atoms. The maximum Gasteiger partial charge on any atom is 0.00807 e. The van der Waals surface area contributed by atoms with Crippen LogP contribution in [0.4, 0.5) is 0 Å². The van der Waals surface area contributed by atoms with E-state index in [-0.39, 0.29) is 0 Å². The van der Waals surface area contributed by atoms with Crippen LogP contribution in [0.5, 0.6) is 0 Å². The van der Waals surface area contributed by atoms with E-state index in [1.54, 1.807) is 0 Å². The fraction of sp³-hybridized carbons (Fsp3) is 0.444. The monoisotopic (exact) mass is 274 g/mol. The van der Waals surface area contributed by atoms with Crippen LogP contribution < -0.4 is 0 Å². The lowest BCUT2D eigenvalue weighted by molar-refractivity contribution is 0.705. The maximum atomic E-state index is 4.63. The number of allylic oxidation sites excluding steroid dienone is 3. The van der Waals surface area contributed by atoms with Gasteiger partial charge in [0.25, 0.3) is 0 Å². The van der Waals surface area contributed by atoms with Crippen molar-refractivity contribution in [1.82, 2.24) is 0 Å². The van der Waals surface area contributed by atoms with E-state index < -0.39 is 0 Å². The Labute approximate surface area is 124 Å². The first-order chi connectivity index (χ1) is 8.88. The number of thiol groups is 1. The molecule has 1 aromatic rings. The van der Waals surface area contributed by atoms with Crippen molar-refractivity contribution in [3.63, 3.8) is 0 Å². The van der Waals surface area contributed by atoms with Crippen molar-refractivity contribution in [2.45, 2.75) is 51.9 Å². The molecule has 1 atom stereocenters. The second-order valence-electron chi connectivity index (χ2n) is 5.66.